The SMILES string of the molecule is C=C1C=CN(C2CCC(CC(C)I)C2)C(=C)N1. The maximum atomic E-state index is 4.08. The Balaban J connectivity index is 1.94. The molecule has 0 spiro atoms. The van der Waals surface area contributed by atoms with Crippen LogP contribution in [0.3, 0.4) is 0 Å². The van der Waals surface area contributed by atoms with Gasteiger partial charge < -0.3 is 10.2 Å². The van der Waals surface area contributed by atoms with E-state index in [1.54, 1.807) is 0 Å². The van der Waals surface area contributed by atoms with Gasteiger partial charge in [0.15, 0.2) is 0 Å². The molecule has 0 amide bonds. The summed E-state index contributed by atoms with van der Waals surface area (Å²) in [4.78, 5) is 2.28. The molecule has 1 fully saturated rings. The summed E-state index contributed by atoms with van der Waals surface area (Å²) in [5.41, 5.74) is 0.932. The highest BCUT2D eigenvalue weighted by Gasteiger charge is 2.30. The smallest absolute Gasteiger partial charge is 0.103 e. The highest BCUT2D eigenvalue weighted by atomic mass is 127. The van der Waals surface area contributed by atoms with Crippen molar-refractivity contribution in [3.63, 3.8) is 0 Å². The number of allylic oxidation sites excluding steroid dienone is 1. The second kappa shape index (κ2) is 5.46. The third-order valence-electron chi connectivity index (χ3n) is 3.62. The second-order valence-electron chi connectivity index (χ2n) is 5.17. The van der Waals surface area contributed by atoms with Gasteiger partial charge in [-0.25, -0.2) is 0 Å². The molecule has 17 heavy (non-hydrogen) atoms. The van der Waals surface area contributed by atoms with Crippen molar-refractivity contribution in [3.05, 3.63) is 37.0 Å². The minimum Gasteiger partial charge on any atom is -0.343 e. The molecule has 0 saturated heterocycles. The molecule has 0 radical (unpaired) electrons. The molecule has 1 aliphatic heterocycles. The molecular formula is C14H21IN2. The molecule has 3 atom stereocenters. The summed E-state index contributed by atoms with van der Waals surface area (Å²) in [6.45, 7) is 10.3. The summed E-state index contributed by atoms with van der Waals surface area (Å²) in [6, 6.07) is 0.625. The van der Waals surface area contributed by atoms with Crippen LogP contribution < -0.4 is 5.32 Å². The summed E-state index contributed by atoms with van der Waals surface area (Å²) in [5.74, 6) is 1.86. The van der Waals surface area contributed by atoms with Gasteiger partial charge in [0.05, 0.1) is 0 Å². The van der Waals surface area contributed by atoms with Crippen LogP contribution in [-0.2, 0) is 0 Å². The van der Waals surface area contributed by atoms with Crippen molar-refractivity contribution in [1.82, 2.24) is 10.2 Å². The topological polar surface area (TPSA) is 15.3 Å². The maximum absolute atomic E-state index is 4.08. The van der Waals surface area contributed by atoms with Gasteiger partial charge in [-0.1, -0.05) is 42.7 Å². The third kappa shape index (κ3) is 3.27. The first-order valence-corrected chi connectivity index (χ1v) is 7.56. The van der Waals surface area contributed by atoms with Crippen LogP contribution >= 0.6 is 22.6 Å². The Hall–Kier alpha value is -0.450. The molecule has 2 rings (SSSR count). The number of alkyl halides is 1. The molecule has 3 unspecified atom stereocenters. The first-order chi connectivity index (χ1) is 8.06. The number of nitrogens with zero attached hydrogens (tertiary/aromatic N) is 1. The summed E-state index contributed by atoms with van der Waals surface area (Å²) in [7, 11) is 0. The number of nitrogens with one attached hydrogen (secondary N) is 1. The van der Waals surface area contributed by atoms with E-state index in [-0.39, 0.29) is 0 Å². The van der Waals surface area contributed by atoms with Gasteiger partial charge in [-0.3, -0.25) is 0 Å². The molecular weight excluding hydrogens is 323 g/mol. The van der Waals surface area contributed by atoms with Gasteiger partial charge in [-0.05, 0) is 37.7 Å². The molecule has 3 heteroatoms. The zero-order valence-electron chi connectivity index (χ0n) is 10.5. The zero-order valence-corrected chi connectivity index (χ0v) is 12.6. The first-order valence-electron chi connectivity index (χ1n) is 6.31. The number of rotatable bonds is 3. The fourth-order valence-corrected chi connectivity index (χ4v) is 3.59. The minimum atomic E-state index is 0.625. The lowest BCUT2D eigenvalue weighted by Crippen LogP contribution is -2.36. The Kier molecular flexibility index (Phi) is 4.17. The standard InChI is InChI=1S/C14H21IN2/c1-10(15)8-13-4-5-14(9-13)17-7-6-11(2)16-12(17)3/h6-7,10,13-14,16H,2-5,8-9H2,1H3. The fraction of sp³-hybridized carbons (Fsp3) is 0.571. The van der Waals surface area contributed by atoms with E-state index in [4.69, 9.17) is 0 Å². The van der Waals surface area contributed by atoms with Crippen LogP contribution in [-0.4, -0.2) is 14.9 Å². The normalized spacial score (nSPS) is 30.6. The van der Waals surface area contributed by atoms with Crippen molar-refractivity contribution < 1.29 is 0 Å². The Labute approximate surface area is 118 Å². The van der Waals surface area contributed by atoms with E-state index in [1.807, 2.05) is 6.08 Å². The van der Waals surface area contributed by atoms with E-state index in [0.29, 0.717) is 6.04 Å². The molecule has 2 aliphatic rings. The third-order valence-corrected chi connectivity index (χ3v) is 4.13. The van der Waals surface area contributed by atoms with Crippen molar-refractivity contribution >= 4 is 22.6 Å². The van der Waals surface area contributed by atoms with Crippen molar-refractivity contribution in [2.45, 2.75) is 42.6 Å². The summed E-state index contributed by atoms with van der Waals surface area (Å²) in [6.07, 6.45) is 9.44. The van der Waals surface area contributed by atoms with Gasteiger partial charge in [-0.15, -0.1) is 0 Å². The Bertz CT molecular complexity index is 346. The second-order valence-corrected chi connectivity index (χ2v) is 7.30. The van der Waals surface area contributed by atoms with Crippen molar-refractivity contribution in [3.8, 4) is 0 Å². The maximum Gasteiger partial charge on any atom is 0.103 e. The van der Waals surface area contributed by atoms with Crippen molar-refractivity contribution in [2.75, 3.05) is 0 Å². The van der Waals surface area contributed by atoms with Gasteiger partial charge >= 0.3 is 0 Å². The number of halogens is 1. The zero-order chi connectivity index (χ0) is 12.4. The van der Waals surface area contributed by atoms with E-state index in [0.717, 1.165) is 21.4 Å². The van der Waals surface area contributed by atoms with Crippen LogP contribution in [0.2, 0.25) is 0 Å². The highest BCUT2D eigenvalue weighted by Crippen LogP contribution is 2.35. The average Bonchev–Trinajstić information content (AvgIpc) is 2.65. The lowest BCUT2D eigenvalue weighted by molar-refractivity contribution is 0.312. The lowest BCUT2D eigenvalue weighted by Gasteiger charge is -2.33. The summed E-state index contributed by atoms with van der Waals surface area (Å²) >= 11 is 2.53. The van der Waals surface area contributed by atoms with Crippen molar-refractivity contribution in [2.24, 2.45) is 5.92 Å². The highest BCUT2D eigenvalue weighted by molar-refractivity contribution is 14.1. The van der Waals surface area contributed by atoms with Crippen LogP contribution in [0.15, 0.2) is 37.0 Å². The average molecular weight is 344 g/mol. The van der Waals surface area contributed by atoms with E-state index >= 15 is 0 Å². The van der Waals surface area contributed by atoms with Gasteiger partial charge in [0, 0.05) is 21.9 Å². The molecule has 0 aromatic rings. The van der Waals surface area contributed by atoms with Crippen LogP contribution in [0.1, 0.15) is 32.6 Å². The van der Waals surface area contributed by atoms with Crippen molar-refractivity contribution in [1.29, 1.82) is 0 Å². The van der Waals surface area contributed by atoms with Gasteiger partial charge in [0.1, 0.15) is 5.82 Å². The molecule has 1 aliphatic carbocycles. The monoisotopic (exact) mass is 344 g/mol. The summed E-state index contributed by atoms with van der Waals surface area (Å²) in [5, 5.41) is 3.21. The minimum absolute atomic E-state index is 0.625. The van der Waals surface area contributed by atoms with Crippen LogP contribution in [0.25, 0.3) is 0 Å². The van der Waals surface area contributed by atoms with Gasteiger partial charge in [0.25, 0.3) is 0 Å². The van der Waals surface area contributed by atoms with Crippen LogP contribution in [0.5, 0.6) is 0 Å². The van der Waals surface area contributed by atoms with Gasteiger partial charge in [-0.2, -0.15) is 0 Å². The predicted molar refractivity (Wildman–Crippen MR) is 81.6 cm³/mol. The van der Waals surface area contributed by atoms with E-state index in [9.17, 15) is 0 Å². The first kappa shape index (κ1) is 13.0. The molecule has 0 bridgehead atoms. The Morgan fingerprint density at radius 2 is 2.29 bits per heavy atom. The Morgan fingerprint density at radius 1 is 1.53 bits per heavy atom. The molecule has 0 aromatic heterocycles. The van der Waals surface area contributed by atoms with E-state index in [2.05, 4.69) is 59.1 Å². The number of hydrogen-bond donors (Lipinski definition) is 1. The molecule has 94 valence electrons. The molecule has 2 nitrogen and oxygen atoms in total. The fourth-order valence-electron chi connectivity index (χ4n) is 2.87. The van der Waals surface area contributed by atoms with Gasteiger partial charge in [0.2, 0.25) is 0 Å². The summed E-state index contributed by atoms with van der Waals surface area (Å²) < 4.78 is 0.786. The predicted octanol–water partition coefficient (Wildman–Crippen LogP) is 3.77. The molecule has 1 heterocycles. The molecule has 1 N–H and O–H groups in total. The van der Waals surface area contributed by atoms with E-state index in [1.165, 1.54) is 25.7 Å². The van der Waals surface area contributed by atoms with Crippen LogP contribution in [0.4, 0.5) is 0 Å². The number of hydrogen-bond acceptors (Lipinski definition) is 2. The van der Waals surface area contributed by atoms with E-state index < -0.39 is 0 Å². The quantitative estimate of drug-likeness (QED) is 0.619. The Morgan fingerprint density at radius 3 is 2.94 bits per heavy atom. The largest absolute Gasteiger partial charge is 0.343 e. The molecule has 1 saturated carbocycles. The lowest BCUT2D eigenvalue weighted by atomic mass is 10.0. The van der Waals surface area contributed by atoms with Crippen LogP contribution in [0, 0.1) is 5.92 Å². The molecule has 0 aromatic carbocycles.